The minimum absolute atomic E-state index is 0.0917. The topological polar surface area (TPSA) is 87.6 Å². The molecule has 2 N–H and O–H groups in total. The van der Waals surface area contributed by atoms with Crippen molar-refractivity contribution in [3.63, 3.8) is 0 Å². The second-order valence-electron chi connectivity index (χ2n) is 7.47. The summed E-state index contributed by atoms with van der Waals surface area (Å²) in [5.41, 5.74) is 1.51. The Balaban J connectivity index is 1.64. The van der Waals surface area contributed by atoms with Crippen LogP contribution >= 0.6 is 18.9 Å². The van der Waals surface area contributed by atoms with E-state index in [0.29, 0.717) is 19.0 Å². The monoisotopic (exact) mass is 444 g/mol. The van der Waals surface area contributed by atoms with Crippen molar-refractivity contribution in [2.24, 2.45) is 0 Å². The highest BCUT2D eigenvalue weighted by molar-refractivity contribution is 7.57. The van der Waals surface area contributed by atoms with Gasteiger partial charge in [0.2, 0.25) is 0 Å². The van der Waals surface area contributed by atoms with Gasteiger partial charge in [-0.25, -0.2) is 9.65 Å². The van der Waals surface area contributed by atoms with Gasteiger partial charge in [0.25, 0.3) is 7.52 Å². The van der Waals surface area contributed by atoms with E-state index in [1.54, 1.807) is 35.9 Å². The van der Waals surface area contributed by atoms with Crippen molar-refractivity contribution in [3.05, 3.63) is 59.4 Å². The lowest BCUT2D eigenvalue weighted by Gasteiger charge is -2.28. The first-order valence-electron chi connectivity index (χ1n) is 9.76. The number of thiophene rings is 1. The number of phenols is 1. The van der Waals surface area contributed by atoms with Gasteiger partial charge in [0, 0.05) is 22.3 Å². The third-order valence-electron chi connectivity index (χ3n) is 5.34. The first-order valence-corrected chi connectivity index (χ1v) is 12.2. The molecule has 2 unspecified atom stereocenters. The van der Waals surface area contributed by atoms with Crippen molar-refractivity contribution >= 4 is 24.7 Å². The van der Waals surface area contributed by atoms with Gasteiger partial charge >= 0.3 is 0 Å². The molecule has 0 amide bonds. The SMILES string of the molecule is Cc1cnc(NCC(c2ccc(-c3ccc(O)cc3)s2)P2(=O)OC[C@H](C)N2C)cn1. The van der Waals surface area contributed by atoms with E-state index in [1.807, 2.05) is 49.8 Å². The van der Waals surface area contributed by atoms with Crippen LogP contribution in [-0.2, 0) is 9.09 Å². The molecular formula is C21H25N4O3PS. The minimum Gasteiger partial charge on any atom is -0.508 e. The summed E-state index contributed by atoms with van der Waals surface area (Å²) in [5, 5.41) is 12.8. The van der Waals surface area contributed by atoms with Gasteiger partial charge in [-0.1, -0.05) is 0 Å². The van der Waals surface area contributed by atoms with Crippen molar-refractivity contribution in [2.45, 2.75) is 25.5 Å². The molecule has 0 saturated carbocycles. The second-order valence-corrected chi connectivity index (χ2v) is 11.2. The fourth-order valence-electron chi connectivity index (χ4n) is 3.37. The van der Waals surface area contributed by atoms with E-state index in [2.05, 4.69) is 15.3 Å². The first-order chi connectivity index (χ1) is 14.4. The Morgan fingerprint density at radius 1 is 1.27 bits per heavy atom. The molecule has 7 nitrogen and oxygen atoms in total. The normalized spacial score (nSPS) is 22.8. The number of phenolic OH excluding ortho intramolecular Hbond substituents is 1. The van der Waals surface area contributed by atoms with Gasteiger partial charge in [0.1, 0.15) is 17.2 Å². The predicted molar refractivity (Wildman–Crippen MR) is 120 cm³/mol. The molecule has 3 aromatic rings. The lowest BCUT2D eigenvalue weighted by atomic mass is 10.2. The maximum absolute atomic E-state index is 13.9. The highest BCUT2D eigenvalue weighted by Crippen LogP contribution is 2.66. The number of likely N-dealkylation sites (N-methyl/N-ethyl adjacent to an activating group) is 1. The summed E-state index contributed by atoms with van der Waals surface area (Å²) >= 11 is 1.59. The van der Waals surface area contributed by atoms with E-state index in [0.717, 1.165) is 21.0 Å². The largest absolute Gasteiger partial charge is 0.508 e. The highest BCUT2D eigenvalue weighted by atomic mass is 32.1. The molecule has 1 aromatic carbocycles. The number of nitrogens with one attached hydrogen (secondary N) is 1. The third kappa shape index (κ3) is 4.14. The summed E-state index contributed by atoms with van der Waals surface area (Å²) in [6.45, 7) is 4.77. The Morgan fingerprint density at radius 2 is 2.03 bits per heavy atom. The number of nitrogens with zero attached hydrogens (tertiary/aromatic N) is 3. The lowest BCUT2D eigenvalue weighted by molar-refractivity contribution is 0.329. The van der Waals surface area contributed by atoms with Gasteiger partial charge in [0.15, 0.2) is 0 Å². The van der Waals surface area contributed by atoms with Gasteiger partial charge in [-0.3, -0.25) is 9.55 Å². The zero-order chi connectivity index (χ0) is 21.3. The Kier molecular flexibility index (Phi) is 5.93. The van der Waals surface area contributed by atoms with Crippen LogP contribution in [0.4, 0.5) is 5.82 Å². The lowest BCUT2D eigenvalue weighted by Crippen LogP contribution is -2.24. The van der Waals surface area contributed by atoms with Crippen molar-refractivity contribution in [1.82, 2.24) is 14.6 Å². The summed E-state index contributed by atoms with van der Waals surface area (Å²) in [7, 11) is -1.22. The average molecular weight is 444 g/mol. The quantitative estimate of drug-likeness (QED) is 0.522. The molecule has 9 heteroatoms. The molecular weight excluding hydrogens is 419 g/mol. The smallest absolute Gasteiger partial charge is 0.282 e. The first kappa shape index (κ1) is 21.0. The Bertz CT molecular complexity index is 1050. The Morgan fingerprint density at radius 3 is 2.67 bits per heavy atom. The van der Waals surface area contributed by atoms with Crippen LogP contribution < -0.4 is 5.32 Å². The molecule has 1 saturated heterocycles. The van der Waals surface area contributed by atoms with Crippen LogP contribution in [-0.4, -0.2) is 46.0 Å². The van der Waals surface area contributed by atoms with Gasteiger partial charge in [-0.15, -0.1) is 11.3 Å². The standard InChI is InChI=1S/C21H25N4O3PS/c1-14-10-23-21(12-22-14)24-11-18(29(27)25(3)15(2)13-28-29)20-9-8-19(30-20)16-4-6-17(26)7-5-16/h4-10,12,15,18,26H,11,13H2,1-3H3,(H,23,24)/t15-,18?,29?/m0/s1. The molecule has 3 atom stereocenters. The van der Waals surface area contributed by atoms with E-state index >= 15 is 0 Å². The summed E-state index contributed by atoms with van der Waals surface area (Å²) in [4.78, 5) is 10.6. The van der Waals surface area contributed by atoms with Gasteiger partial charge in [0.05, 0.1) is 24.7 Å². The fourth-order valence-corrected chi connectivity index (χ4v) is 7.51. The van der Waals surface area contributed by atoms with Gasteiger partial charge < -0.3 is 14.9 Å². The van der Waals surface area contributed by atoms with Crippen LogP contribution in [0.25, 0.3) is 10.4 Å². The van der Waals surface area contributed by atoms with Crippen LogP contribution in [0, 0.1) is 6.92 Å². The Hall–Kier alpha value is -2.25. The number of aromatic hydroxyl groups is 1. The van der Waals surface area contributed by atoms with E-state index in [9.17, 15) is 9.67 Å². The summed E-state index contributed by atoms with van der Waals surface area (Å²) in [6.07, 6.45) is 3.38. The van der Waals surface area contributed by atoms with Crippen LogP contribution in [0.3, 0.4) is 0 Å². The maximum atomic E-state index is 13.9. The number of aromatic nitrogens is 2. The number of aryl methyl sites for hydroxylation is 1. The number of rotatable bonds is 6. The zero-order valence-corrected chi connectivity index (χ0v) is 18.9. The third-order valence-corrected chi connectivity index (χ3v) is 9.80. The molecule has 30 heavy (non-hydrogen) atoms. The molecule has 1 aliphatic heterocycles. The minimum atomic E-state index is -3.09. The zero-order valence-electron chi connectivity index (χ0n) is 17.1. The second kappa shape index (κ2) is 8.47. The Labute approximate surface area is 180 Å². The molecule has 0 spiro atoms. The van der Waals surface area contributed by atoms with Crippen molar-refractivity contribution in [1.29, 1.82) is 0 Å². The molecule has 3 heterocycles. The van der Waals surface area contributed by atoms with Crippen LogP contribution in [0.1, 0.15) is 23.2 Å². The van der Waals surface area contributed by atoms with Crippen molar-refractivity contribution in [2.75, 3.05) is 25.5 Å². The van der Waals surface area contributed by atoms with Crippen LogP contribution in [0.2, 0.25) is 0 Å². The van der Waals surface area contributed by atoms with Gasteiger partial charge in [-0.05, 0) is 62.9 Å². The molecule has 0 aliphatic carbocycles. The fraction of sp³-hybridized carbons (Fsp3) is 0.333. The van der Waals surface area contributed by atoms with Crippen LogP contribution in [0.15, 0.2) is 48.8 Å². The van der Waals surface area contributed by atoms with Gasteiger partial charge in [-0.2, -0.15) is 0 Å². The molecule has 4 rings (SSSR count). The molecule has 2 aromatic heterocycles. The molecule has 1 aliphatic rings. The average Bonchev–Trinajstić information content (AvgIpc) is 3.32. The van der Waals surface area contributed by atoms with E-state index in [1.165, 1.54) is 0 Å². The van der Waals surface area contributed by atoms with Crippen molar-refractivity contribution < 1.29 is 14.2 Å². The number of hydrogen-bond acceptors (Lipinski definition) is 7. The highest BCUT2D eigenvalue weighted by Gasteiger charge is 2.47. The number of anilines is 1. The summed E-state index contributed by atoms with van der Waals surface area (Å²) in [6, 6.07) is 11.2. The number of benzene rings is 1. The van der Waals surface area contributed by atoms with E-state index < -0.39 is 7.52 Å². The maximum Gasteiger partial charge on any atom is 0.282 e. The van der Waals surface area contributed by atoms with Crippen molar-refractivity contribution in [3.8, 4) is 16.2 Å². The summed E-state index contributed by atoms with van der Waals surface area (Å²) < 4.78 is 21.7. The van der Waals surface area contributed by atoms with Crippen LogP contribution in [0.5, 0.6) is 5.75 Å². The van der Waals surface area contributed by atoms with E-state index in [-0.39, 0.29) is 17.5 Å². The molecule has 0 bridgehead atoms. The number of hydrogen-bond donors (Lipinski definition) is 2. The molecule has 1 fully saturated rings. The molecule has 158 valence electrons. The van der Waals surface area contributed by atoms with E-state index in [4.69, 9.17) is 4.52 Å². The summed E-state index contributed by atoms with van der Waals surface area (Å²) in [5.74, 6) is 0.874. The predicted octanol–water partition coefficient (Wildman–Crippen LogP) is 4.92. The molecule has 0 radical (unpaired) electrons.